The molecule has 3 saturated carbocycles. The Labute approximate surface area is 158 Å². The third-order valence-corrected chi connectivity index (χ3v) is 7.61. The lowest BCUT2D eigenvalue weighted by atomic mass is 9.68. The maximum atomic E-state index is 12.4. The molecule has 0 amide bonds. The lowest BCUT2D eigenvalue weighted by molar-refractivity contribution is -0.165. The molecule has 3 aliphatic carbocycles. The molecule has 4 nitrogen and oxygen atoms in total. The Morgan fingerprint density at radius 1 is 1.08 bits per heavy atom. The van der Waals surface area contributed by atoms with E-state index >= 15 is 0 Å². The molecule has 0 radical (unpaired) electrons. The molecule has 6 atom stereocenters. The van der Waals surface area contributed by atoms with E-state index in [1.807, 2.05) is 13.8 Å². The number of carbonyl (C=O) groups excluding carboxylic acids is 1. The maximum Gasteiger partial charge on any atom is 0.311 e. The van der Waals surface area contributed by atoms with Gasteiger partial charge in [-0.25, -0.2) is 0 Å². The van der Waals surface area contributed by atoms with E-state index < -0.39 is 0 Å². The highest BCUT2D eigenvalue weighted by Crippen LogP contribution is 2.45. The van der Waals surface area contributed by atoms with Crippen LogP contribution in [0.4, 0.5) is 0 Å². The fraction of sp³-hybridized carbons (Fsp3) is 0.955. The minimum absolute atomic E-state index is 0.0194. The average molecular weight is 365 g/mol. The predicted molar refractivity (Wildman–Crippen MR) is 99.8 cm³/mol. The summed E-state index contributed by atoms with van der Waals surface area (Å²) >= 11 is 0. The van der Waals surface area contributed by atoms with Gasteiger partial charge in [0.2, 0.25) is 0 Å². The molecule has 148 valence electrons. The quantitative estimate of drug-likeness (QED) is 0.514. The zero-order valence-corrected chi connectivity index (χ0v) is 16.7. The monoisotopic (exact) mass is 364 g/mol. The summed E-state index contributed by atoms with van der Waals surface area (Å²) in [7, 11) is 0. The number of hydrogen-bond acceptors (Lipinski definition) is 4. The number of ether oxygens (including phenoxy) is 3. The standard InChI is InChI=1S/C22H36O4/c1-4-22(2,3)21(23)25-16-8-9-17-15(12-16)6-5-7-18(17)24-13-14-10-19-20(11-14)26-19/h14-20H,4-13H2,1-3H3. The highest BCUT2D eigenvalue weighted by atomic mass is 16.6. The van der Waals surface area contributed by atoms with Crippen LogP contribution < -0.4 is 0 Å². The minimum atomic E-state index is -0.360. The van der Waals surface area contributed by atoms with Gasteiger partial charge >= 0.3 is 5.97 Å². The van der Waals surface area contributed by atoms with Crippen LogP contribution in [0.3, 0.4) is 0 Å². The molecule has 4 heteroatoms. The molecule has 4 rings (SSSR count). The molecule has 0 spiro atoms. The van der Waals surface area contributed by atoms with E-state index in [-0.39, 0.29) is 17.5 Å². The van der Waals surface area contributed by atoms with Crippen molar-refractivity contribution < 1.29 is 19.0 Å². The van der Waals surface area contributed by atoms with Gasteiger partial charge in [0.1, 0.15) is 6.10 Å². The fourth-order valence-electron chi connectivity index (χ4n) is 5.37. The highest BCUT2D eigenvalue weighted by Gasteiger charge is 2.48. The molecule has 4 fully saturated rings. The average Bonchev–Trinajstić information content (AvgIpc) is 3.25. The normalized spacial score (nSPS) is 42.0. The summed E-state index contributed by atoms with van der Waals surface area (Å²) in [6.45, 7) is 6.96. The van der Waals surface area contributed by atoms with E-state index in [0.29, 0.717) is 36.1 Å². The van der Waals surface area contributed by atoms with Crippen molar-refractivity contribution in [2.24, 2.45) is 23.2 Å². The van der Waals surface area contributed by atoms with Crippen molar-refractivity contribution >= 4 is 5.97 Å². The molecule has 0 aromatic heterocycles. The summed E-state index contributed by atoms with van der Waals surface area (Å²) in [5.41, 5.74) is -0.360. The molecule has 1 aliphatic heterocycles. The molecule has 0 aromatic carbocycles. The lowest BCUT2D eigenvalue weighted by Crippen LogP contribution is -2.42. The van der Waals surface area contributed by atoms with Gasteiger partial charge in [-0.1, -0.05) is 13.3 Å². The van der Waals surface area contributed by atoms with Gasteiger partial charge in [0.25, 0.3) is 0 Å². The first-order valence-corrected chi connectivity index (χ1v) is 10.9. The Bertz CT molecular complexity index is 506. The Balaban J connectivity index is 1.26. The van der Waals surface area contributed by atoms with Crippen LogP contribution in [0, 0.1) is 23.2 Å². The van der Waals surface area contributed by atoms with Crippen molar-refractivity contribution in [2.75, 3.05) is 6.61 Å². The lowest BCUT2D eigenvalue weighted by Gasteiger charge is -2.44. The molecule has 1 heterocycles. The van der Waals surface area contributed by atoms with Gasteiger partial charge in [-0.3, -0.25) is 4.79 Å². The number of epoxide rings is 1. The van der Waals surface area contributed by atoms with Crippen molar-refractivity contribution in [1.82, 2.24) is 0 Å². The Morgan fingerprint density at radius 3 is 2.58 bits per heavy atom. The Kier molecular flexibility index (Phi) is 5.35. The van der Waals surface area contributed by atoms with Crippen LogP contribution in [0.1, 0.15) is 78.6 Å². The van der Waals surface area contributed by atoms with Crippen molar-refractivity contribution in [2.45, 2.75) is 103 Å². The number of esters is 1. The molecule has 0 bridgehead atoms. The van der Waals surface area contributed by atoms with Crippen LogP contribution in [0.2, 0.25) is 0 Å². The molecule has 0 aromatic rings. The third kappa shape index (κ3) is 3.96. The van der Waals surface area contributed by atoms with E-state index in [0.717, 1.165) is 32.3 Å². The van der Waals surface area contributed by atoms with Crippen molar-refractivity contribution in [3.8, 4) is 0 Å². The maximum absolute atomic E-state index is 12.4. The molecule has 26 heavy (non-hydrogen) atoms. The zero-order valence-electron chi connectivity index (χ0n) is 16.7. The van der Waals surface area contributed by atoms with Gasteiger partial charge < -0.3 is 14.2 Å². The van der Waals surface area contributed by atoms with Gasteiger partial charge in [0, 0.05) is 6.61 Å². The van der Waals surface area contributed by atoms with E-state index in [4.69, 9.17) is 14.2 Å². The summed E-state index contributed by atoms with van der Waals surface area (Å²) in [4.78, 5) is 12.4. The molecule has 6 unspecified atom stereocenters. The highest BCUT2D eigenvalue weighted by molar-refractivity contribution is 5.76. The zero-order chi connectivity index (χ0) is 18.3. The third-order valence-electron chi connectivity index (χ3n) is 7.61. The van der Waals surface area contributed by atoms with Gasteiger partial charge in [-0.2, -0.15) is 0 Å². The SMILES string of the molecule is CCC(C)(C)C(=O)OC1CCC2C(CCCC2OCC2CC3OC3C2)C1. The minimum Gasteiger partial charge on any atom is -0.462 e. The Hall–Kier alpha value is -0.610. The van der Waals surface area contributed by atoms with Crippen molar-refractivity contribution in [3.63, 3.8) is 0 Å². The molecule has 0 N–H and O–H groups in total. The largest absolute Gasteiger partial charge is 0.462 e. The van der Waals surface area contributed by atoms with Crippen LogP contribution >= 0.6 is 0 Å². The van der Waals surface area contributed by atoms with Gasteiger partial charge in [-0.15, -0.1) is 0 Å². The summed E-state index contributed by atoms with van der Waals surface area (Å²) in [5.74, 6) is 2.04. The van der Waals surface area contributed by atoms with Crippen molar-refractivity contribution in [3.05, 3.63) is 0 Å². The topological polar surface area (TPSA) is 48.1 Å². The second kappa shape index (κ2) is 7.43. The molecular formula is C22H36O4. The predicted octanol–water partition coefficient (Wildman–Crippen LogP) is 4.50. The van der Waals surface area contributed by atoms with Crippen LogP contribution in [0.25, 0.3) is 0 Å². The first-order valence-electron chi connectivity index (χ1n) is 10.9. The molecular weight excluding hydrogens is 328 g/mol. The Morgan fingerprint density at radius 2 is 1.85 bits per heavy atom. The second-order valence-electron chi connectivity index (χ2n) is 9.85. The smallest absolute Gasteiger partial charge is 0.311 e. The van der Waals surface area contributed by atoms with Gasteiger partial charge in [-0.05, 0) is 83.0 Å². The summed E-state index contributed by atoms with van der Waals surface area (Å²) in [6.07, 6.45) is 11.8. The first-order chi connectivity index (χ1) is 12.5. The van der Waals surface area contributed by atoms with E-state index in [1.165, 1.54) is 32.1 Å². The van der Waals surface area contributed by atoms with Crippen molar-refractivity contribution in [1.29, 1.82) is 0 Å². The number of carbonyl (C=O) groups is 1. The fourth-order valence-corrected chi connectivity index (χ4v) is 5.37. The molecule has 1 saturated heterocycles. The van der Waals surface area contributed by atoms with Gasteiger partial charge in [0.05, 0.1) is 23.7 Å². The van der Waals surface area contributed by atoms with Crippen LogP contribution in [-0.4, -0.2) is 37.0 Å². The summed E-state index contributed by atoms with van der Waals surface area (Å²) in [6, 6.07) is 0. The van der Waals surface area contributed by atoms with E-state index in [2.05, 4.69) is 6.92 Å². The van der Waals surface area contributed by atoms with E-state index in [9.17, 15) is 4.79 Å². The second-order valence-corrected chi connectivity index (χ2v) is 9.85. The van der Waals surface area contributed by atoms with Crippen LogP contribution in [-0.2, 0) is 19.0 Å². The summed E-state index contributed by atoms with van der Waals surface area (Å²) < 4.78 is 17.9. The molecule has 4 aliphatic rings. The van der Waals surface area contributed by atoms with Crippen LogP contribution in [0.15, 0.2) is 0 Å². The van der Waals surface area contributed by atoms with E-state index in [1.54, 1.807) is 0 Å². The summed E-state index contributed by atoms with van der Waals surface area (Å²) in [5, 5.41) is 0. The number of fused-ring (bicyclic) bond motifs is 2. The van der Waals surface area contributed by atoms with Crippen LogP contribution in [0.5, 0.6) is 0 Å². The first kappa shape index (κ1) is 18.7. The number of hydrogen-bond donors (Lipinski definition) is 0. The van der Waals surface area contributed by atoms with Gasteiger partial charge in [0.15, 0.2) is 0 Å². The number of rotatable bonds is 6.